The Morgan fingerprint density at radius 1 is 0.949 bits per heavy atom. The van der Waals surface area contributed by atoms with Gasteiger partial charge in [-0.15, -0.1) is 10.2 Å². The number of carbonyl (C=O) groups excluding carboxylic acids is 2. The number of carbonyl (C=O) groups is 2. The predicted octanol–water partition coefficient (Wildman–Crippen LogP) is 5.82. The number of aromatic nitrogens is 3. The van der Waals surface area contributed by atoms with E-state index < -0.39 is 12.0 Å². The fraction of sp³-hybridized carbons (Fsp3) is 0.300. The number of pyridine rings is 1. The summed E-state index contributed by atoms with van der Waals surface area (Å²) in [7, 11) is 0. The first-order valence-corrected chi connectivity index (χ1v) is 13.2. The maximum Gasteiger partial charge on any atom is 0.328 e. The van der Waals surface area contributed by atoms with E-state index in [1.807, 2.05) is 42.5 Å². The summed E-state index contributed by atoms with van der Waals surface area (Å²) in [6.07, 6.45) is 4.76. The Hall–Kier alpha value is -4.53. The molecule has 39 heavy (non-hydrogen) atoms. The van der Waals surface area contributed by atoms with Crippen LogP contribution in [0.1, 0.15) is 62.0 Å². The van der Waals surface area contributed by atoms with Crippen molar-refractivity contribution in [3.8, 4) is 23.0 Å². The fourth-order valence-electron chi connectivity index (χ4n) is 4.05. The highest BCUT2D eigenvalue weighted by Crippen LogP contribution is 2.28. The second-order valence-electron chi connectivity index (χ2n) is 9.11. The zero-order valence-electron chi connectivity index (χ0n) is 22.4. The van der Waals surface area contributed by atoms with Crippen LogP contribution in [0.15, 0.2) is 77.3 Å². The molecule has 2 atom stereocenters. The number of ether oxygens (including phenoxy) is 1. The first kappa shape index (κ1) is 27.5. The molecular weight excluding hydrogens is 494 g/mol. The van der Waals surface area contributed by atoms with Gasteiger partial charge in [0.05, 0.1) is 12.6 Å². The lowest BCUT2D eigenvalue weighted by atomic mass is 9.99. The van der Waals surface area contributed by atoms with Gasteiger partial charge in [-0.05, 0) is 74.4 Å². The summed E-state index contributed by atoms with van der Waals surface area (Å²) < 4.78 is 10.8. The largest absolute Gasteiger partial charge is 0.464 e. The van der Waals surface area contributed by atoms with Crippen LogP contribution in [-0.2, 0) is 9.53 Å². The molecule has 0 saturated carbocycles. The van der Waals surface area contributed by atoms with Crippen LogP contribution in [-0.4, -0.2) is 39.7 Å². The third-order valence-electron chi connectivity index (χ3n) is 6.19. The van der Waals surface area contributed by atoms with Crippen LogP contribution in [0.2, 0.25) is 0 Å². The molecule has 0 aliphatic carbocycles. The maximum atomic E-state index is 12.5. The average Bonchev–Trinajstić information content (AvgIpc) is 3.47. The van der Waals surface area contributed by atoms with E-state index >= 15 is 0 Å². The van der Waals surface area contributed by atoms with Crippen LogP contribution in [0, 0.1) is 0 Å². The van der Waals surface area contributed by atoms with E-state index in [9.17, 15) is 9.59 Å². The van der Waals surface area contributed by atoms with Gasteiger partial charge in [-0.1, -0.05) is 38.0 Å². The fourth-order valence-corrected chi connectivity index (χ4v) is 4.05. The van der Waals surface area contributed by atoms with Crippen molar-refractivity contribution >= 4 is 17.6 Å². The van der Waals surface area contributed by atoms with Crippen molar-refractivity contribution in [1.82, 2.24) is 20.5 Å². The van der Waals surface area contributed by atoms with Crippen molar-refractivity contribution in [3.63, 3.8) is 0 Å². The molecule has 9 heteroatoms. The summed E-state index contributed by atoms with van der Waals surface area (Å²) >= 11 is 0. The molecule has 2 aromatic carbocycles. The van der Waals surface area contributed by atoms with Crippen LogP contribution >= 0.6 is 0 Å². The third kappa shape index (κ3) is 7.28. The highest BCUT2D eigenvalue weighted by molar-refractivity contribution is 5.97. The first-order valence-electron chi connectivity index (χ1n) is 13.2. The number of benzene rings is 2. The lowest BCUT2D eigenvalue weighted by Gasteiger charge is -2.21. The van der Waals surface area contributed by atoms with Crippen LogP contribution in [0.25, 0.3) is 23.0 Å². The molecule has 4 rings (SSSR count). The quantitative estimate of drug-likeness (QED) is 0.221. The number of unbranched alkanes of at least 4 members (excludes halogenated alkanes) is 1. The normalized spacial score (nSPS) is 12.4. The van der Waals surface area contributed by atoms with Gasteiger partial charge in [0.25, 0.3) is 11.8 Å². The van der Waals surface area contributed by atoms with Crippen molar-refractivity contribution in [1.29, 1.82) is 0 Å². The molecular formula is C30H33N5O4. The summed E-state index contributed by atoms with van der Waals surface area (Å²) in [4.78, 5) is 28.6. The van der Waals surface area contributed by atoms with Gasteiger partial charge in [-0.3, -0.25) is 9.78 Å². The van der Waals surface area contributed by atoms with Crippen molar-refractivity contribution in [2.75, 3.05) is 11.9 Å². The lowest BCUT2D eigenvalue weighted by molar-refractivity contribution is -0.144. The summed E-state index contributed by atoms with van der Waals surface area (Å²) in [5, 5.41) is 14.6. The smallest absolute Gasteiger partial charge is 0.328 e. The number of nitrogens with zero attached hydrogens (tertiary/aromatic N) is 3. The molecule has 202 valence electrons. The van der Waals surface area contributed by atoms with Gasteiger partial charge < -0.3 is 19.8 Å². The molecule has 0 aliphatic rings. The Labute approximate surface area is 228 Å². The van der Waals surface area contributed by atoms with Gasteiger partial charge in [-0.2, -0.15) is 0 Å². The summed E-state index contributed by atoms with van der Waals surface area (Å²) in [6.45, 7) is 5.77. The van der Waals surface area contributed by atoms with Crippen LogP contribution in [0.4, 0.5) is 5.69 Å². The summed E-state index contributed by atoms with van der Waals surface area (Å²) in [5.74, 6) is 0.0326. The Balaban J connectivity index is 1.43. The molecule has 2 N–H and O–H groups in total. The number of esters is 1. The molecule has 0 fully saturated rings. The van der Waals surface area contributed by atoms with E-state index in [0.717, 1.165) is 36.1 Å². The highest BCUT2D eigenvalue weighted by Gasteiger charge is 2.18. The molecule has 2 aromatic heterocycles. The van der Waals surface area contributed by atoms with Crippen LogP contribution in [0.3, 0.4) is 0 Å². The van der Waals surface area contributed by atoms with Crippen molar-refractivity contribution in [2.24, 2.45) is 0 Å². The van der Waals surface area contributed by atoms with Crippen molar-refractivity contribution in [2.45, 2.75) is 52.1 Å². The minimum atomic E-state index is -0.717. The van der Waals surface area contributed by atoms with Gasteiger partial charge >= 0.3 is 5.97 Å². The molecule has 0 aliphatic heterocycles. The van der Waals surface area contributed by atoms with Crippen LogP contribution < -0.4 is 10.6 Å². The van der Waals surface area contributed by atoms with E-state index in [-0.39, 0.29) is 18.6 Å². The Morgan fingerprint density at radius 3 is 2.36 bits per heavy atom. The Morgan fingerprint density at radius 2 is 1.69 bits per heavy atom. The van der Waals surface area contributed by atoms with Gasteiger partial charge in [0.15, 0.2) is 0 Å². The molecule has 0 bridgehead atoms. The molecule has 0 spiro atoms. The number of rotatable bonds is 12. The first-order chi connectivity index (χ1) is 19.0. The van der Waals surface area contributed by atoms with Gasteiger partial charge in [0, 0.05) is 23.0 Å². The van der Waals surface area contributed by atoms with E-state index in [1.54, 1.807) is 32.2 Å². The molecule has 1 unspecified atom stereocenters. The highest BCUT2D eigenvalue weighted by atomic mass is 16.5. The number of nitrogens with one attached hydrogen (secondary N) is 2. The SMILES string of the molecule is CCCCC(Nc1ccc(C(=O)N[C@@H](C)C(=O)OCC)cc1)c1ccc(-c2nnc(-c3ccccn3)o2)cc1. The second kappa shape index (κ2) is 13.3. The van der Waals surface area contributed by atoms with Gasteiger partial charge in [-0.25, -0.2) is 4.79 Å². The van der Waals surface area contributed by atoms with E-state index in [1.165, 1.54) is 0 Å². The second-order valence-corrected chi connectivity index (χ2v) is 9.11. The van der Waals surface area contributed by atoms with Crippen LogP contribution in [0.5, 0.6) is 0 Å². The zero-order chi connectivity index (χ0) is 27.6. The molecule has 4 aromatic rings. The molecule has 1 amide bonds. The maximum absolute atomic E-state index is 12.5. The number of anilines is 1. The Kier molecular flexibility index (Phi) is 9.39. The summed E-state index contributed by atoms with van der Waals surface area (Å²) in [6, 6.07) is 20.2. The molecule has 2 heterocycles. The Bertz CT molecular complexity index is 1350. The average molecular weight is 528 g/mol. The standard InChI is InChI=1S/C30H33N5O4/c1-4-6-9-25(33-24-17-15-22(16-18-24)27(36)32-20(3)30(37)38-5-2)21-11-13-23(14-12-21)28-34-35-29(39-28)26-10-7-8-19-31-26/h7-8,10-20,25,33H,4-6,9H2,1-3H3,(H,32,36)/t20-,25?/m0/s1. The minimum absolute atomic E-state index is 0.0780. The number of hydrogen-bond acceptors (Lipinski definition) is 8. The van der Waals surface area contributed by atoms with Crippen molar-refractivity contribution < 1.29 is 18.7 Å². The summed E-state index contributed by atoms with van der Waals surface area (Å²) in [5.41, 5.74) is 3.95. The molecule has 9 nitrogen and oxygen atoms in total. The molecule has 0 radical (unpaired) electrons. The van der Waals surface area contributed by atoms with Gasteiger partial charge in [0.2, 0.25) is 5.89 Å². The lowest BCUT2D eigenvalue weighted by Crippen LogP contribution is -2.39. The number of amides is 1. The molecule has 0 saturated heterocycles. The zero-order valence-corrected chi connectivity index (χ0v) is 22.4. The minimum Gasteiger partial charge on any atom is -0.464 e. The predicted molar refractivity (Wildman–Crippen MR) is 149 cm³/mol. The van der Waals surface area contributed by atoms with E-state index in [0.29, 0.717) is 23.0 Å². The monoisotopic (exact) mass is 527 g/mol. The van der Waals surface area contributed by atoms with E-state index in [4.69, 9.17) is 9.15 Å². The van der Waals surface area contributed by atoms with Crippen molar-refractivity contribution in [3.05, 3.63) is 84.1 Å². The van der Waals surface area contributed by atoms with Gasteiger partial charge in [0.1, 0.15) is 11.7 Å². The number of hydrogen-bond donors (Lipinski definition) is 2. The topological polar surface area (TPSA) is 119 Å². The third-order valence-corrected chi connectivity index (χ3v) is 6.19. The van der Waals surface area contributed by atoms with E-state index in [2.05, 4.69) is 44.9 Å².